The molecule has 6 nitrogen and oxygen atoms in total. The molecular weight excluding hydrogens is 347 g/mol. The molecule has 4 rings (SSSR count). The molecular formula is C20H21FN4O2. The van der Waals surface area contributed by atoms with Crippen molar-refractivity contribution in [3.05, 3.63) is 35.8 Å². The number of halogens is 1. The van der Waals surface area contributed by atoms with Crippen LogP contribution >= 0.6 is 0 Å². The Morgan fingerprint density at radius 1 is 1.22 bits per heavy atom. The van der Waals surface area contributed by atoms with Gasteiger partial charge in [-0.1, -0.05) is 0 Å². The lowest BCUT2D eigenvalue weighted by molar-refractivity contribution is -0.140. The fourth-order valence-electron chi connectivity index (χ4n) is 3.97. The van der Waals surface area contributed by atoms with Crippen LogP contribution in [0.2, 0.25) is 0 Å². The van der Waals surface area contributed by atoms with Crippen LogP contribution in [0.25, 0.3) is 10.9 Å². The van der Waals surface area contributed by atoms with Gasteiger partial charge in [0.15, 0.2) is 0 Å². The predicted molar refractivity (Wildman–Crippen MR) is 98.8 cm³/mol. The maximum atomic E-state index is 13.8. The van der Waals surface area contributed by atoms with E-state index >= 15 is 0 Å². The standard InChI is InChI=1S/C20H21FN4O2/c21-16-1-2-18-17(11-16)19(15(12-22)13-23-18)24-5-3-14(4-6-24)20(26)25-7-9-27-10-8-25/h1-2,11,13-14H,3-10H2. The van der Waals surface area contributed by atoms with Gasteiger partial charge in [0, 0.05) is 43.7 Å². The van der Waals surface area contributed by atoms with Gasteiger partial charge < -0.3 is 14.5 Å². The smallest absolute Gasteiger partial charge is 0.225 e. The predicted octanol–water partition coefficient (Wildman–Crippen LogP) is 2.32. The number of carbonyl (C=O) groups is 1. The maximum absolute atomic E-state index is 13.8. The maximum Gasteiger partial charge on any atom is 0.225 e. The summed E-state index contributed by atoms with van der Waals surface area (Å²) in [6, 6.07) is 6.61. The van der Waals surface area contributed by atoms with Gasteiger partial charge >= 0.3 is 0 Å². The minimum Gasteiger partial charge on any atom is -0.378 e. The quantitative estimate of drug-likeness (QED) is 0.814. The van der Waals surface area contributed by atoms with Crippen molar-refractivity contribution >= 4 is 22.5 Å². The second-order valence-electron chi connectivity index (χ2n) is 6.99. The molecule has 0 atom stereocenters. The first-order chi connectivity index (χ1) is 13.2. The highest BCUT2D eigenvalue weighted by atomic mass is 19.1. The average Bonchev–Trinajstić information content (AvgIpc) is 2.73. The van der Waals surface area contributed by atoms with Crippen LogP contribution in [0.4, 0.5) is 10.1 Å². The summed E-state index contributed by atoms with van der Waals surface area (Å²) in [5.41, 5.74) is 1.82. The van der Waals surface area contributed by atoms with Crippen molar-refractivity contribution in [1.29, 1.82) is 5.26 Å². The third kappa shape index (κ3) is 3.45. The summed E-state index contributed by atoms with van der Waals surface area (Å²) in [4.78, 5) is 21.0. The number of carbonyl (C=O) groups excluding carboxylic acids is 1. The minimum absolute atomic E-state index is 0.00489. The number of ether oxygens (including phenoxy) is 1. The van der Waals surface area contributed by atoms with Gasteiger partial charge in [0.2, 0.25) is 5.91 Å². The topological polar surface area (TPSA) is 69.5 Å². The van der Waals surface area contributed by atoms with E-state index in [1.165, 1.54) is 12.1 Å². The number of hydrogen-bond acceptors (Lipinski definition) is 5. The van der Waals surface area contributed by atoms with Crippen molar-refractivity contribution in [2.75, 3.05) is 44.3 Å². The molecule has 1 amide bonds. The highest BCUT2D eigenvalue weighted by Gasteiger charge is 2.30. The van der Waals surface area contributed by atoms with Crippen LogP contribution in [-0.4, -0.2) is 55.2 Å². The summed E-state index contributed by atoms with van der Waals surface area (Å²) in [6.45, 7) is 3.84. The molecule has 0 N–H and O–H groups in total. The van der Waals surface area contributed by atoms with Crippen LogP contribution in [0.15, 0.2) is 24.4 Å². The lowest BCUT2D eigenvalue weighted by atomic mass is 9.94. The lowest BCUT2D eigenvalue weighted by Crippen LogP contribution is -2.47. The Labute approximate surface area is 157 Å². The first-order valence-electron chi connectivity index (χ1n) is 9.27. The molecule has 1 aromatic heterocycles. The summed E-state index contributed by atoms with van der Waals surface area (Å²) in [7, 11) is 0. The number of morpholine rings is 1. The van der Waals surface area contributed by atoms with Crippen molar-refractivity contribution < 1.29 is 13.9 Å². The van der Waals surface area contributed by atoms with Crippen molar-refractivity contribution in [3.63, 3.8) is 0 Å². The molecule has 2 aromatic rings. The third-order valence-electron chi connectivity index (χ3n) is 5.41. The Balaban J connectivity index is 1.55. The summed E-state index contributed by atoms with van der Waals surface area (Å²) >= 11 is 0. The summed E-state index contributed by atoms with van der Waals surface area (Å²) in [5, 5.41) is 10.2. The van der Waals surface area contributed by atoms with Crippen molar-refractivity contribution in [1.82, 2.24) is 9.88 Å². The normalized spacial score (nSPS) is 18.5. The zero-order chi connectivity index (χ0) is 18.8. The number of pyridine rings is 1. The minimum atomic E-state index is -0.349. The van der Waals surface area contributed by atoms with E-state index in [2.05, 4.69) is 16.0 Å². The van der Waals surface area contributed by atoms with Gasteiger partial charge in [-0.15, -0.1) is 0 Å². The van der Waals surface area contributed by atoms with E-state index < -0.39 is 0 Å². The first kappa shape index (κ1) is 17.7. The van der Waals surface area contributed by atoms with Gasteiger partial charge in [-0.05, 0) is 31.0 Å². The number of anilines is 1. The van der Waals surface area contributed by atoms with Crippen molar-refractivity contribution in [2.45, 2.75) is 12.8 Å². The zero-order valence-electron chi connectivity index (χ0n) is 15.0. The molecule has 7 heteroatoms. The van der Waals surface area contributed by atoms with Gasteiger partial charge in [0.1, 0.15) is 11.9 Å². The number of benzene rings is 1. The van der Waals surface area contributed by atoms with Gasteiger partial charge in [0.05, 0.1) is 30.0 Å². The number of hydrogen-bond donors (Lipinski definition) is 0. The molecule has 2 fully saturated rings. The molecule has 2 saturated heterocycles. The van der Waals surface area contributed by atoms with E-state index in [1.807, 2.05) is 4.90 Å². The number of nitrogens with zero attached hydrogens (tertiary/aromatic N) is 4. The molecule has 0 radical (unpaired) electrons. The number of piperidine rings is 1. The van der Waals surface area contributed by atoms with Crippen LogP contribution in [0, 0.1) is 23.1 Å². The van der Waals surface area contributed by atoms with Crippen LogP contribution in [-0.2, 0) is 9.53 Å². The summed E-state index contributed by atoms with van der Waals surface area (Å²) in [6.07, 6.45) is 2.99. The van der Waals surface area contributed by atoms with E-state index in [-0.39, 0.29) is 17.6 Å². The molecule has 0 bridgehead atoms. The Kier molecular flexibility index (Phi) is 4.90. The summed E-state index contributed by atoms with van der Waals surface area (Å²) in [5.74, 6) is -0.156. The first-order valence-corrected chi connectivity index (χ1v) is 9.27. The van der Waals surface area contributed by atoms with Crippen LogP contribution in [0.3, 0.4) is 0 Å². The van der Waals surface area contributed by atoms with Gasteiger partial charge in [-0.25, -0.2) is 4.39 Å². The second-order valence-corrected chi connectivity index (χ2v) is 6.99. The van der Waals surface area contributed by atoms with Crippen LogP contribution < -0.4 is 4.90 Å². The van der Waals surface area contributed by atoms with Gasteiger partial charge in [0.25, 0.3) is 0 Å². The molecule has 140 valence electrons. The number of nitriles is 1. The van der Waals surface area contributed by atoms with Crippen molar-refractivity contribution in [2.24, 2.45) is 5.92 Å². The molecule has 0 unspecified atom stereocenters. The van der Waals surface area contributed by atoms with E-state index in [9.17, 15) is 14.4 Å². The molecule has 1 aromatic carbocycles. The van der Waals surface area contributed by atoms with Crippen molar-refractivity contribution in [3.8, 4) is 6.07 Å². The molecule has 2 aliphatic rings. The largest absolute Gasteiger partial charge is 0.378 e. The molecule has 27 heavy (non-hydrogen) atoms. The fourth-order valence-corrected chi connectivity index (χ4v) is 3.97. The SMILES string of the molecule is N#Cc1cnc2ccc(F)cc2c1N1CCC(C(=O)N2CCOCC2)CC1. The van der Waals surface area contributed by atoms with Gasteiger partial charge in [-0.2, -0.15) is 5.26 Å². The molecule has 0 aliphatic carbocycles. The zero-order valence-corrected chi connectivity index (χ0v) is 15.0. The third-order valence-corrected chi connectivity index (χ3v) is 5.41. The molecule has 3 heterocycles. The van der Waals surface area contributed by atoms with E-state index in [0.717, 1.165) is 18.5 Å². The average molecular weight is 368 g/mol. The number of rotatable bonds is 2. The summed E-state index contributed by atoms with van der Waals surface area (Å²) < 4.78 is 19.1. The Morgan fingerprint density at radius 3 is 2.67 bits per heavy atom. The molecule has 0 spiro atoms. The highest BCUT2D eigenvalue weighted by molar-refractivity contribution is 5.94. The fraction of sp³-hybridized carbons (Fsp3) is 0.450. The number of amides is 1. The lowest BCUT2D eigenvalue weighted by Gasteiger charge is -2.37. The molecule has 0 saturated carbocycles. The molecule has 2 aliphatic heterocycles. The van der Waals surface area contributed by atoms with E-state index in [4.69, 9.17) is 4.74 Å². The Morgan fingerprint density at radius 2 is 1.96 bits per heavy atom. The number of fused-ring (bicyclic) bond motifs is 1. The van der Waals surface area contributed by atoms with Crippen LogP contribution in [0.1, 0.15) is 18.4 Å². The number of aromatic nitrogens is 1. The monoisotopic (exact) mass is 368 g/mol. The van der Waals surface area contributed by atoms with E-state index in [0.29, 0.717) is 55.9 Å². The highest BCUT2D eigenvalue weighted by Crippen LogP contribution is 2.33. The van der Waals surface area contributed by atoms with Crippen LogP contribution in [0.5, 0.6) is 0 Å². The second kappa shape index (κ2) is 7.49. The Bertz CT molecular complexity index is 897. The van der Waals surface area contributed by atoms with Gasteiger partial charge in [-0.3, -0.25) is 9.78 Å². The van der Waals surface area contributed by atoms with E-state index in [1.54, 1.807) is 12.3 Å². The Hall–Kier alpha value is -2.72.